The fraction of sp³-hybridized carbons (Fsp3) is 0. The van der Waals surface area contributed by atoms with E-state index in [4.69, 9.17) is 40.2 Å². The third-order valence-corrected chi connectivity index (χ3v) is 1.33. The molecule has 0 radical (unpaired) electrons. The van der Waals surface area contributed by atoms with Gasteiger partial charge in [0.25, 0.3) is 0 Å². The summed E-state index contributed by atoms with van der Waals surface area (Å²) in [7, 11) is 17.0. The van der Waals surface area contributed by atoms with Crippen LogP contribution in [0.4, 0.5) is 0 Å². The molecule has 0 heterocycles. The van der Waals surface area contributed by atoms with Crippen LogP contribution in [0.5, 0.6) is 0 Å². The van der Waals surface area contributed by atoms with Crippen molar-refractivity contribution in [2.75, 3.05) is 0 Å². The topological polar surface area (TPSA) is 0 Å². The Morgan fingerprint density at radius 3 is 0.500 bits per heavy atom. The van der Waals surface area contributed by atoms with Crippen LogP contribution in [0.15, 0.2) is 72.8 Å². The van der Waals surface area contributed by atoms with E-state index < -0.39 is 9.39 Å². The second kappa shape index (κ2) is 14.2. The van der Waals surface area contributed by atoms with Crippen LogP contribution in [-0.4, -0.2) is 9.39 Å². The maximum absolute atomic E-state index is 4.99. The van der Waals surface area contributed by atoms with Crippen molar-refractivity contribution in [2.24, 2.45) is 0 Å². The minimum absolute atomic E-state index is 0. The Bertz CT molecular complexity index is 263. The van der Waals surface area contributed by atoms with Crippen molar-refractivity contribution < 1.29 is 21.1 Å². The third kappa shape index (κ3) is 25.6. The molecule has 0 N–H and O–H groups in total. The molecule has 2 aromatic carbocycles. The Morgan fingerprint density at radius 1 is 0.389 bits per heavy atom. The summed E-state index contributed by atoms with van der Waals surface area (Å²) >= 11 is 0. The summed E-state index contributed by atoms with van der Waals surface area (Å²) in [4.78, 5) is 0. The van der Waals surface area contributed by atoms with Gasteiger partial charge in [-0.1, -0.05) is 72.8 Å². The van der Waals surface area contributed by atoms with Crippen molar-refractivity contribution >= 4 is 49.6 Å². The first-order valence-corrected chi connectivity index (χ1v) is 11.9. The SMILES string of the molecule is [Cl][Al-]([Cl])([Cl])[Cl].[W].c1ccccc1.c1ccccc1. The van der Waals surface area contributed by atoms with Crippen molar-refractivity contribution in [1.29, 1.82) is 0 Å². The maximum atomic E-state index is 4.99. The van der Waals surface area contributed by atoms with E-state index in [0.717, 1.165) is 0 Å². The Kier molecular flexibility index (Phi) is 16.7. The van der Waals surface area contributed by atoms with Gasteiger partial charge in [-0.15, -0.1) is 0 Å². The molecule has 0 bridgehead atoms. The van der Waals surface area contributed by atoms with Gasteiger partial charge in [-0.25, -0.2) is 0 Å². The normalized spacial score (nSPS) is 8.67. The van der Waals surface area contributed by atoms with Crippen LogP contribution < -0.4 is 0 Å². The number of rotatable bonds is 0. The van der Waals surface area contributed by atoms with Gasteiger partial charge in [-0.3, -0.25) is 0 Å². The average molecular weight is 509 g/mol. The van der Waals surface area contributed by atoms with Gasteiger partial charge in [0.2, 0.25) is 0 Å². The van der Waals surface area contributed by atoms with Gasteiger partial charge in [0.05, 0.1) is 0 Å². The molecule has 6 heteroatoms. The van der Waals surface area contributed by atoms with E-state index in [2.05, 4.69) is 0 Å². The predicted octanol–water partition coefficient (Wildman–Crippen LogP) is 5.75. The standard InChI is InChI=1S/2C6H6.Al.4ClH.W/c2*1-2-4-6-5-3-1;;;;;;/h2*1-6H;;4*1H;/q;;+3;;;;;/p-4. The van der Waals surface area contributed by atoms with Crippen LogP contribution in [0, 0.1) is 0 Å². The van der Waals surface area contributed by atoms with Crippen molar-refractivity contribution in [3.63, 3.8) is 0 Å². The number of halogens is 4. The van der Waals surface area contributed by atoms with Crippen LogP contribution in [0.3, 0.4) is 0 Å². The van der Waals surface area contributed by atoms with Gasteiger partial charge in [0.15, 0.2) is 0 Å². The zero-order valence-corrected chi connectivity index (χ0v) is 16.5. The minimum Gasteiger partial charge on any atom is -0.391 e. The second-order valence-electron chi connectivity index (χ2n) is 2.80. The Hall–Kier alpha value is 0.821. The summed E-state index contributed by atoms with van der Waals surface area (Å²) in [5.41, 5.74) is 0. The summed E-state index contributed by atoms with van der Waals surface area (Å²) in [6.45, 7) is 0. The predicted molar refractivity (Wildman–Crippen MR) is 82.1 cm³/mol. The first-order valence-electron chi connectivity index (χ1n) is 4.87. The first-order chi connectivity index (χ1) is 8.00. The van der Waals surface area contributed by atoms with E-state index in [1.54, 1.807) is 0 Å². The Balaban J connectivity index is 0. The molecule has 2 aromatic rings. The van der Waals surface area contributed by atoms with Crippen LogP contribution in [-0.2, 0) is 21.1 Å². The van der Waals surface area contributed by atoms with Crippen molar-refractivity contribution in [1.82, 2.24) is 0 Å². The zero-order valence-electron chi connectivity index (χ0n) is 9.43. The van der Waals surface area contributed by atoms with Gasteiger partial charge in [-0.2, -0.15) is 0 Å². The fourth-order valence-electron chi connectivity index (χ4n) is 0.770. The Morgan fingerprint density at radius 2 is 0.444 bits per heavy atom. The molecule has 2 rings (SSSR count). The van der Waals surface area contributed by atoms with Crippen molar-refractivity contribution in [2.45, 2.75) is 0 Å². The molecule has 0 aliphatic rings. The molecule has 0 amide bonds. The van der Waals surface area contributed by atoms with Crippen LogP contribution in [0.1, 0.15) is 0 Å². The molecule has 0 saturated carbocycles. The molecule has 0 atom stereocenters. The summed E-state index contributed by atoms with van der Waals surface area (Å²) in [5, 5.41) is 0. The molecule has 0 saturated heterocycles. The molecule has 0 aliphatic heterocycles. The van der Waals surface area contributed by atoms with Crippen LogP contribution in [0.2, 0.25) is 0 Å². The first kappa shape index (κ1) is 21.1. The molecular formula is C12H12AlCl4W-. The molecule has 0 fully saturated rings. The molecule has 0 nitrogen and oxygen atoms in total. The summed E-state index contributed by atoms with van der Waals surface area (Å²) in [6, 6.07) is 24.0. The molecule has 0 aromatic heterocycles. The molecule has 18 heavy (non-hydrogen) atoms. The van der Waals surface area contributed by atoms with Crippen molar-refractivity contribution in [3.8, 4) is 0 Å². The number of hydrogen-bond acceptors (Lipinski definition) is 0. The minimum atomic E-state index is -2.94. The molecule has 0 spiro atoms. The van der Waals surface area contributed by atoms with Crippen LogP contribution in [0.25, 0.3) is 0 Å². The largest absolute Gasteiger partial charge is 0.564 e. The van der Waals surface area contributed by atoms with Gasteiger partial charge in [-0.05, 0) is 0 Å². The average Bonchev–Trinajstić information content (AvgIpc) is 2.32. The smallest absolute Gasteiger partial charge is 0.391 e. The molecule has 0 aliphatic carbocycles. The molecular weight excluding hydrogens is 497 g/mol. The van der Waals surface area contributed by atoms with Crippen LogP contribution >= 0.6 is 40.2 Å². The summed E-state index contributed by atoms with van der Waals surface area (Å²) in [6.07, 6.45) is 0. The van der Waals surface area contributed by atoms with E-state index in [-0.39, 0.29) is 21.1 Å². The molecule has 98 valence electrons. The van der Waals surface area contributed by atoms with E-state index >= 15 is 0 Å². The second-order valence-corrected chi connectivity index (χ2v) is 15.7. The van der Waals surface area contributed by atoms with E-state index in [1.165, 1.54) is 0 Å². The van der Waals surface area contributed by atoms with E-state index in [1.807, 2.05) is 72.8 Å². The van der Waals surface area contributed by atoms with Gasteiger partial charge in [0, 0.05) is 21.1 Å². The molecule has 0 unspecified atom stereocenters. The quantitative estimate of drug-likeness (QED) is 0.398. The maximum Gasteiger partial charge on any atom is 0.564 e. The van der Waals surface area contributed by atoms with Gasteiger partial charge >= 0.3 is 9.39 Å². The number of benzene rings is 2. The monoisotopic (exact) mass is 507 g/mol. The van der Waals surface area contributed by atoms with E-state index in [0.29, 0.717) is 0 Å². The van der Waals surface area contributed by atoms with E-state index in [9.17, 15) is 0 Å². The third-order valence-electron chi connectivity index (χ3n) is 1.33. The summed E-state index contributed by atoms with van der Waals surface area (Å²) in [5.74, 6) is 0. The summed E-state index contributed by atoms with van der Waals surface area (Å²) < 4.78 is 0. The Labute approximate surface area is 142 Å². The van der Waals surface area contributed by atoms with Crippen molar-refractivity contribution in [3.05, 3.63) is 72.8 Å². The number of hydrogen-bond donors (Lipinski definition) is 0. The van der Waals surface area contributed by atoms with Gasteiger partial charge < -0.3 is 40.2 Å². The fourth-order valence-corrected chi connectivity index (χ4v) is 0.770. The zero-order chi connectivity index (χ0) is 13.0. The van der Waals surface area contributed by atoms with Gasteiger partial charge in [0.1, 0.15) is 0 Å².